The van der Waals surface area contributed by atoms with Gasteiger partial charge in [0.1, 0.15) is 5.82 Å². The zero-order valence-corrected chi connectivity index (χ0v) is 10.4. The molecule has 0 aromatic heterocycles. The lowest BCUT2D eigenvalue weighted by Crippen LogP contribution is -2.06. The molecular formula is C10H9BrClFO2. The van der Waals surface area contributed by atoms with Gasteiger partial charge in [0.05, 0.1) is 13.5 Å². The summed E-state index contributed by atoms with van der Waals surface area (Å²) < 4.78 is 17.8. The molecule has 0 radical (unpaired) electrons. The van der Waals surface area contributed by atoms with Crippen LogP contribution in [0.5, 0.6) is 0 Å². The van der Waals surface area contributed by atoms with Gasteiger partial charge in [-0.3, -0.25) is 4.79 Å². The van der Waals surface area contributed by atoms with E-state index in [1.54, 1.807) is 6.07 Å². The fourth-order valence-corrected chi connectivity index (χ4v) is 1.95. The summed E-state index contributed by atoms with van der Waals surface area (Å²) in [4.78, 5) is 11.0. The number of ether oxygens (including phenoxy) is 1. The summed E-state index contributed by atoms with van der Waals surface area (Å²) in [5, 5.41) is 0.860. The Morgan fingerprint density at radius 2 is 2.20 bits per heavy atom. The number of hydrogen-bond donors (Lipinski definition) is 0. The molecule has 5 heteroatoms. The first-order valence-corrected chi connectivity index (χ1v) is 5.68. The molecule has 0 heterocycles. The van der Waals surface area contributed by atoms with Crippen LogP contribution in [-0.4, -0.2) is 13.1 Å². The molecule has 0 aliphatic heterocycles. The molecule has 0 bridgehead atoms. The molecule has 0 aliphatic rings. The molecule has 15 heavy (non-hydrogen) atoms. The fourth-order valence-electron chi connectivity index (χ4n) is 1.11. The van der Waals surface area contributed by atoms with Crippen LogP contribution in [0.4, 0.5) is 4.39 Å². The van der Waals surface area contributed by atoms with Gasteiger partial charge in [0.15, 0.2) is 0 Å². The lowest BCUT2D eigenvalue weighted by molar-refractivity contribution is -0.139. The third-order valence-electron chi connectivity index (χ3n) is 1.92. The largest absolute Gasteiger partial charge is 0.469 e. The second-order valence-corrected chi connectivity index (χ2v) is 3.89. The Kier molecular flexibility index (Phi) is 4.54. The predicted molar refractivity (Wildman–Crippen MR) is 59.8 cm³/mol. The molecule has 0 aliphatic carbocycles. The third kappa shape index (κ3) is 3.18. The monoisotopic (exact) mass is 294 g/mol. The van der Waals surface area contributed by atoms with Gasteiger partial charge >= 0.3 is 5.97 Å². The number of carbonyl (C=O) groups is 1. The van der Waals surface area contributed by atoms with Crippen LogP contribution in [0.1, 0.15) is 11.1 Å². The van der Waals surface area contributed by atoms with Crippen LogP contribution in [0, 0.1) is 5.82 Å². The molecule has 0 fully saturated rings. The highest BCUT2D eigenvalue weighted by atomic mass is 79.9. The quantitative estimate of drug-likeness (QED) is 0.633. The predicted octanol–water partition coefficient (Wildman–Crippen LogP) is 3.09. The van der Waals surface area contributed by atoms with E-state index in [9.17, 15) is 9.18 Å². The number of benzene rings is 1. The molecule has 0 spiro atoms. The smallest absolute Gasteiger partial charge is 0.310 e. The Morgan fingerprint density at radius 1 is 1.53 bits per heavy atom. The van der Waals surface area contributed by atoms with Crippen LogP contribution in [0.15, 0.2) is 12.1 Å². The molecular weight excluding hydrogens is 286 g/mol. The number of esters is 1. The zero-order valence-electron chi connectivity index (χ0n) is 8.02. The van der Waals surface area contributed by atoms with Gasteiger partial charge in [-0.1, -0.05) is 27.5 Å². The molecule has 1 aromatic rings. The first-order valence-electron chi connectivity index (χ1n) is 4.18. The van der Waals surface area contributed by atoms with Gasteiger partial charge < -0.3 is 4.74 Å². The van der Waals surface area contributed by atoms with E-state index in [1.807, 2.05) is 0 Å². The summed E-state index contributed by atoms with van der Waals surface area (Å²) in [6.07, 6.45) is -0.0838. The van der Waals surface area contributed by atoms with E-state index in [0.717, 1.165) is 5.56 Å². The van der Waals surface area contributed by atoms with E-state index in [4.69, 9.17) is 11.6 Å². The van der Waals surface area contributed by atoms with Crippen molar-refractivity contribution in [1.29, 1.82) is 0 Å². The highest BCUT2D eigenvalue weighted by molar-refractivity contribution is 9.08. The van der Waals surface area contributed by atoms with E-state index in [1.165, 1.54) is 13.2 Å². The Labute approximate surface area is 101 Å². The molecule has 0 N–H and O–H groups in total. The molecule has 0 saturated heterocycles. The SMILES string of the molecule is COC(=O)Cc1cc(CBr)c(Cl)cc1F. The molecule has 0 saturated carbocycles. The maximum Gasteiger partial charge on any atom is 0.310 e. The number of hydrogen-bond acceptors (Lipinski definition) is 2. The van der Waals surface area contributed by atoms with Gasteiger partial charge in [0.2, 0.25) is 0 Å². The lowest BCUT2D eigenvalue weighted by Gasteiger charge is -2.06. The van der Waals surface area contributed by atoms with Crippen molar-refractivity contribution in [3.63, 3.8) is 0 Å². The van der Waals surface area contributed by atoms with Crippen molar-refractivity contribution in [2.45, 2.75) is 11.8 Å². The van der Waals surface area contributed by atoms with Crippen LogP contribution in [0.25, 0.3) is 0 Å². The topological polar surface area (TPSA) is 26.3 Å². The highest BCUT2D eigenvalue weighted by Crippen LogP contribution is 2.23. The van der Waals surface area contributed by atoms with Gasteiger partial charge in [0, 0.05) is 10.4 Å². The van der Waals surface area contributed by atoms with E-state index >= 15 is 0 Å². The van der Waals surface area contributed by atoms with Gasteiger partial charge in [-0.15, -0.1) is 0 Å². The van der Waals surface area contributed by atoms with E-state index in [0.29, 0.717) is 15.9 Å². The van der Waals surface area contributed by atoms with Crippen molar-refractivity contribution in [1.82, 2.24) is 0 Å². The molecule has 82 valence electrons. The minimum absolute atomic E-state index is 0.0838. The average molecular weight is 296 g/mol. The standard InChI is InChI=1S/C10H9BrClFO2/c1-15-10(14)3-6-2-7(5-11)8(12)4-9(6)13/h2,4H,3,5H2,1H3. The van der Waals surface area contributed by atoms with Gasteiger partial charge in [-0.2, -0.15) is 0 Å². The van der Waals surface area contributed by atoms with Crippen molar-refractivity contribution < 1.29 is 13.9 Å². The normalized spacial score (nSPS) is 10.1. The van der Waals surface area contributed by atoms with E-state index in [2.05, 4.69) is 20.7 Å². The molecule has 0 unspecified atom stereocenters. The lowest BCUT2D eigenvalue weighted by atomic mass is 10.1. The summed E-state index contributed by atoms with van der Waals surface area (Å²) >= 11 is 9.01. The number of rotatable bonds is 3. The third-order valence-corrected chi connectivity index (χ3v) is 2.88. The van der Waals surface area contributed by atoms with Crippen molar-refractivity contribution in [3.8, 4) is 0 Å². The van der Waals surface area contributed by atoms with Crippen molar-refractivity contribution >= 4 is 33.5 Å². The van der Waals surface area contributed by atoms with Crippen LogP contribution in [0.3, 0.4) is 0 Å². The Morgan fingerprint density at radius 3 is 2.73 bits per heavy atom. The first-order chi connectivity index (χ1) is 7.08. The molecule has 2 nitrogen and oxygen atoms in total. The minimum Gasteiger partial charge on any atom is -0.469 e. The number of methoxy groups -OCH3 is 1. The molecule has 1 aromatic carbocycles. The van der Waals surface area contributed by atoms with E-state index in [-0.39, 0.29) is 6.42 Å². The second kappa shape index (κ2) is 5.47. The maximum atomic E-state index is 13.4. The Hall–Kier alpha value is -0.610. The summed E-state index contributed by atoms with van der Waals surface area (Å²) in [5.41, 5.74) is 1.04. The van der Waals surface area contributed by atoms with Gasteiger partial charge in [0.25, 0.3) is 0 Å². The van der Waals surface area contributed by atoms with Crippen LogP contribution in [0.2, 0.25) is 5.02 Å². The summed E-state index contributed by atoms with van der Waals surface area (Å²) in [6.45, 7) is 0. The van der Waals surface area contributed by atoms with Crippen molar-refractivity contribution in [3.05, 3.63) is 34.1 Å². The van der Waals surface area contributed by atoms with Crippen LogP contribution >= 0.6 is 27.5 Å². The Balaban J connectivity index is 3.02. The van der Waals surface area contributed by atoms with Crippen molar-refractivity contribution in [2.75, 3.05) is 7.11 Å². The van der Waals surface area contributed by atoms with Gasteiger partial charge in [-0.05, 0) is 23.3 Å². The summed E-state index contributed by atoms with van der Waals surface area (Å²) in [5.74, 6) is -0.966. The minimum atomic E-state index is -0.491. The number of carbonyl (C=O) groups excluding carboxylic acids is 1. The summed E-state index contributed by atoms with van der Waals surface area (Å²) in [7, 11) is 1.27. The first kappa shape index (κ1) is 12.5. The fraction of sp³-hybridized carbons (Fsp3) is 0.300. The number of alkyl halides is 1. The Bertz CT molecular complexity index is 382. The summed E-state index contributed by atoms with van der Waals surface area (Å²) in [6, 6.07) is 2.76. The van der Waals surface area contributed by atoms with Crippen molar-refractivity contribution in [2.24, 2.45) is 0 Å². The van der Waals surface area contributed by atoms with Crippen LogP contribution < -0.4 is 0 Å². The van der Waals surface area contributed by atoms with E-state index < -0.39 is 11.8 Å². The molecule has 0 amide bonds. The van der Waals surface area contributed by atoms with Crippen LogP contribution in [-0.2, 0) is 21.3 Å². The van der Waals surface area contributed by atoms with Gasteiger partial charge in [-0.25, -0.2) is 4.39 Å². The number of halogens is 3. The second-order valence-electron chi connectivity index (χ2n) is 2.92. The molecule has 0 atom stereocenters. The zero-order chi connectivity index (χ0) is 11.4. The maximum absolute atomic E-state index is 13.4. The highest BCUT2D eigenvalue weighted by Gasteiger charge is 2.11. The average Bonchev–Trinajstić information content (AvgIpc) is 2.21. The molecule has 1 rings (SSSR count).